The van der Waals surface area contributed by atoms with Gasteiger partial charge in [0.15, 0.2) is 0 Å². The van der Waals surface area contributed by atoms with Gasteiger partial charge in [0.1, 0.15) is 5.69 Å². The van der Waals surface area contributed by atoms with Crippen LogP contribution in [0.15, 0.2) is 36.4 Å². The van der Waals surface area contributed by atoms with Crippen molar-refractivity contribution in [3.63, 3.8) is 0 Å². The predicted molar refractivity (Wildman–Crippen MR) is 92.7 cm³/mol. The zero-order valence-corrected chi connectivity index (χ0v) is 14.1. The summed E-state index contributed by atoms with van der Waals surface area (Å²) in [7, 11) is 0. The number of para-hydroxylation sites is 1. The minimum absolute atomic E-state index is 0.334. The number of nitrogens with zero attached hydrogens (tertiary/aromatic N) is 4. The van der Waals surface area contributed by atoms with Crippen LogP contribution in [0, 0.1) is 0 Å². The van der Waals surface area contributed by atoms with E-state index in [9.17, 15) is 4.79 Å². The minimum atomic E-state index is -0.554. The van der Waals surface area contributed by atoms with E-state index in [-0.39, 0.29) is 0 Å². The number of rotatable bonds is 5. The van der Waals surface area contributed by atoms with Crippen LogP contribution in [0.4, 0.5) is 0 Å². The lowest BCUT2D eigenvalue weighted by Crippen LogP contribution is -2.46. The largest absolute Gasteiger partial charge is 0.298 e. The molecule has 2 aromatic rings. The lowest BCUT2D eigenvalue weighted by molar-refractivity contribution is 0.0697. The van der Waals surface area contributed by atoms with Gasteiger partial charge >= 0.3 is 0 Å². The topological polar surface area (TPSA) is 73.6 Å². The molecule has 2 heterocycles. The summed E-state index contributed by atoms with van der Waals surface area (Å²) >= 11 is 0. The Bertz CT molecular complexity index is 733. The summed E-state index contributed by atoms with van der Waals surface area (Å²) in [6.45, 7) is 4.97. The Hall–Kier alpha value is -2.22. The average Bonchev–Trinajstić information content (AvgIpc) is 3.43. The van der Waals surface area contributed by atoms with E-state index in [2.05, 4.69) is 14.9 Å². The molecular weight excluding hydrogens is 318 g/mol. The summed E-state index contributed by atoms with van der Waals surface area (Å²) in [5.74, 6) is -0.554. The molecule has 1 saturated heterocycles. The summed E-state index contributed by atoms with van der Waals surface area (Å²) in [5.41, 5.74) is 3.68. The maximum Gasteiger partial charge on any atom is 0.293 e. The number of aromatic nitrogens is 2. The molecular formula is C18H23N5O2. The highest BCUT2D eigenvalue weighted by atomic mass is 16.5. The van der Waals surface area contributed by atoms with Gasteiger partial charge in [0.2, 0.25) is 0 Å². The third-order valence-electron chi connectivity index (χ3n) is 4.95. The predicted octanol–water partition coefficient (Wildman–Crippen LogP) is 1.27. The van der Waals surface area contributed by atoms with E-state index in [4.69, 9.17) is 5.21 Å². The van der Waals surface area contributed by atoms with Crippen LogP contribution in [0.25, 0.3) is 5.69 Å². The van der Waals surface area contributed by atoms with Gasteiger partial charge in [0.25, 0.3) is 5.91 Å². The fraction of sp³-hybridized carbons (Fsp3) is 0.444. The van der Waals surface area contributed by atoms with Crippen molar-refractivity contribution in [1.82, 2.24) is 25.1 Å². The molecule has 7 heteroatoms. The van der Waals surface area contributed by atoms with Crippen molar-refractivity contribution in [2.45, 2.75) is 25.4 Å². The Labute approximate surface area is 146 Å². The minimum Gasteiger partial charge on any atom is -0.298 e. The zero-order valence-electron chi connectivity index (χ0n) is 14.1. The van der Waals surface area contributed by atoms with Crippen molar-refractivity contribution < 1.29 is 10.0 Å². The quantitative estimate of drug-likeness (QED) is 0.633. The highest BCUT2D eigenvalue weighted by Gasteiger charge is 2.31. The summed E-state index contributed by atoms with van der Waals surface area (Å²) in [5, 5.41) is 13.6. The molecule has 2 N–H and O–H groups in total. The third-order valence-corrected chi connectivity index (χ3v) is 4.95. The molecule has 7 nitrogen and oxygen atoms in total. The molecule has 1 aliphatic carbocycles. The SMILES string of the molecule is O=C(NO)c1cc(CN2CCN(C3CC3)CC2)nn1-c1ccccc1. The van der Waals surface area contributed by atoms with Crippen LogP contribution in [-0.2, 0) is 6.54 Å². The van der Waals surface area contributed by atoms with Crippen LogP contribution >= 0.6 is 0 Å². The Morgan fingerprint density at radius 3 is 2.52 bits per heavy atom. The van der Waals surface area contributed by atoms with Crippen molar-refractivity contribution >= 4 is 5.91 Å². The summed E-state index contributed by atoms with van der Waals surface area (Å²) < 4.78 is 1.58. The van der Waals surface area contributed by atoms with Crippen molar-refractivity contribution in [3.8, 4) is 5.69 Å². The van der Waals surface area contributed by atoms with E-state index in [0.717, 1.165) is 43.6 Å². The normalized spacial score (nSPS) is 19.1. The number of hydroxylamine groups is 1. The number of benzene rings is 1. The van der Waals surface area contributed by atoms with Gasteiger partial charge in [-0.05, 0) is 31.0 Å². The highest BCUT2D eigenvalue weighted by molar-refractivity contribution is 5.92. The fourth-order valence-electron chi connectivity index (χ4n) is 3.45. The lowest BCUT2D eigenvalue weighted by atomic mass is 10.2. The maximum atomic E-state index is 12.0. The third kappa shape index (κ3) is 3.58. The first-order valence-corrected chi connectivity index (χ1v) is 8.80. The molecule has 4 rings (SSSR count). The van der Waals surface area contributed by atoms with Crippen LogP contribution in [-0.4, -0.2) is 62.9 Å². The van der Waals surface area contributed by atoms with Gasteiger partial charge in [-0.25, -0.2) is 10.2 Å². The van der Waals surface area contributed by atoms with Crippen molar-refractivity contribution in [2.75, 3.05) is 26.2 Å². The highest BCUT2D eigenvalue weighted by Crippen LogP contribution is 2.27. The van der Waals surface area contributed by atoms with Crippen LogP contribution in [0.1, 0.15) is 29.0 Å². The van der Waals surface area contributed by atoms with Crippen LogP contribution < -0.4 is 5.48 Å². The standard InChI is InChI=1S/C18H23N5O2/c24-18(20-25)17-12-14(19-23(17)16-4-2-1-3-5-16)13-21-8-10-22(11-9-21)15-6-7-15/h1-5,12,15,25H,6-11,13H2,(H,20,24). The first kappa shape index (κ1) is 16.3. The molecule has 0 spiro atoms. The van der Waals surface area contributed by atoms with Gasteiger partial charge in [0.05, 0.1) is 11.4 Å². The first-order valence-electron chi connectivity index (χ1n) is 8.80. The van der Waals surface area contributed by atoms with Gasteiger partial charge in [0, 0.05) is 38.8 Å². The van der Waals surface area contributed by atoms with Crippen molar-refractivity contribution in [1.29, 1.82) is 0 Å². The van der Waals surface area contributed by atoms with E-state index in [0.29, 0.717) is 12.2 Å². The van der Waals surface area contributed by atoms with Gasteiger partial charge in [-0.15, -0.1) is 0 Å². The number of nitrogens with one attached hydrogen (secondary N) is 1. The number of amides is 1. The van der Waals surface area contributed by atoms with Crippen molar-refractivity contribution in [3.05, 3.63) is 47.8 Å². The molecule has 0 unspecified atom stereocenters. The molecule has 1 amide bonds. The number of carbonyl (C=O) groups excluding carboxylic acids is 1. The summed E-state index contributed by atoms with van der Waals surface area (Å²) in [6.07, 6.45) is 2.70. The molecule has 0 atom stereocenters. The Balaban J connectivity index is 1.50. The second kappa shape index (κ2) is 6.95. The molecule has 1 aromatic heterocycles. The number of piperazine rings is 1. The number of carbonyl (C=O) groups is 1. The molecule has 132 valence electrons. The lowest BCUT2D eigenvalue weighted by Gasteiger charge is -2.34. The van der Waals surface area contributed by atoms with Crippen LogP contribution in [0.3, 0.4) is 0 Å². The van der Waals surface area contributed by atoms with Gasteiger partial charge < -0.3 is 0 Å². The Kier molecular flexibility index (Phi) is 4.52. The first-order chi connectivity index (χ1) is 12.2. The summed E-state index contributed by atoms with van der Waals surface area (Å²) in [4.78, 5) is 16.9. The van der Waals surface area contributed by atoms with E-state index in [1.54, 1.807) is 16.2 Å². The van der Waals surface area contributed by atoms with Crippen LogP contribution in [0.2, 0.25) is 0 Å². The van der Waals surface area contributed by atoms with Crippen LogP contribution in [0.5, 0.6) is 0 Å². The van der Waals surface area contributed by atoms with Gasteiger partial charge in [-0.3, -0.25) is 19.8 Å². The molecule has 0 bridgehead atoms. The molecule has 0 radical (unpaired) electrons. The Morgan fingerprint density at radius 2 is 1.88 bits per heavy atom. The van der Waals surface area contributed by atoms with E-state index < -0.39 is 5.91 Å². The second-order valence-corrected chi connectivity index (χ2v) is 6.75. The molecule has 2 fully saturated rings. The van der Waals surface area contributed by atoms with Gasteiger partial charge in [-0.2, -0.15) is 5.10 Å². The second-order valence-electron chi connectivity index (χ2n) is 6.75. The molecule has 1 saturated carbocycles. The number of hydrogen-bond acceptors (Lipinski definition) is 5. The zero-order chi connectivity index (χ0) is 17.2. The van der Waals surface area contributed by atoms with Gasteiger partial charge in [-0.1, -0.05) is 18.2 Å². The molecule has 1 aliphatic heterocycles. The average molecular weight is 341 g/mol. The maximum absolute atomic E-state index is 12.0. The fourth-order valence-corrected chi connectivity index (χ4v) is 3.45. The van der Waals surface area contributed by atoms with E-state index in [1.807, 2.05) is 30.3 Å². The molecule has 25 heavy (non-hydrogen) atoms. The monoisotopic (exact) mass is 341 g/mol. The molecule has 1 aromatic carbocycles. The Morgan fingerprint density at radius 1 is 1.16 bits per heavy atom. The van der Waals surface area contributed by atoms with E-state index >= 15 is 0 Å². The molecule has 2 aliphatic rings. The smallest absolute Gasteiger partial charge is 0.293 e. The van der Waals surface area contributed by atoms with E-state index in [1.165, 1.54) is 12.8 Å². The van der Waals surface area contributed by atoms with Crippen molar-refractivity contribution in [2.24, 2.45) is 0 Å². The summed E-state index contributed by atoms with van der Waals surface area (Å²) in [6, 6.07) is 12.1. The number of hydrogen-bond donors (Lipinski definition) is 2.